The zero-order valence-corrected chi connectivity index (χ0v) is 36.1. The lowest BCUT2D eigenvalue weighted by Gasteiger charge is -2.23. The van der Waals surface area contributed by atoms with Crippen molar-refractivity contribution in [3.63, 3.8) is 0 Å². The molecule has 68 heavy (non-hydrogen) atoms. The van der Waals surface area contributed by atoms with Crippen LogP contribution >= 0.6 is 0 Å². The predicted octanol–water partition coefficient (Wildman–Crippen LogP) is 17.5. The van der Waals surface area contributed by atoms with E-state index in [1.807, 2.05) is 194 Å². The van der Waals surface area contributed by atoms with Gasteiger partial charge in [0.2, 0.25) is 0 Å². The lowest BCUT2D eigenvalue weighted by Crippen LogP contribution is -2.16. The van der Waals surface area contributed by atoms with E-state index in [-0.39, 0.29) is 22.5 Å². The first-order valence-corrected chi connectivity index (χ1v) is 22.3. The molecule has 2 heterocycles. The molecule has 2 nitrogen and oxygen atoms in total. The van der Waals surface area contributed by atoms with Crippen LogP contribution in [0.2, 0.25) is 0 Å². The summed E-state index contributed by atoms with van der Waals surface area (Å²) in [7, 11) is 0. The van der Waals surface area contributed by atoms with Crippen LogP contribution in [-0.2, 0) is 6.18 Å². The third-order valence-corrected chi connectivity index (χ3v) is 13.1. The van der Waals surface area contributed by atoms with Crippen molar-refractivity contribution in [1.82, 2.24) is 9.13 Å². The van der Waals surface area contributed by atoms with E-state index in [0.29, 0.717) is 22.1 Å². The smallest absolute Gasteiger partial charge is 0.308 e. The summed E-state index contributed by atoms with van der Waals surface area (Å²) in [5, 5.41) is 2.96. The van der Waals surface area contributed by atoms with Crippen molar-refractivity contribution in [3.8, 4) is 67.0 Å². The Kier molecular flexibility index (Phi) is 9.69. The minimum Gasteiger partial charge on any atom is -0.308 e. The fourth-order valence-electron chi connectivity index (χ4n) is 9.93. The summed E-state index contributed by atoms with van der Waals surface area (Å²) in [5.41, 5.74) is 7.67. The second-order valence-electron chi connectivity index (χ2n) is 17.1. The normalized spacial score (nSPS) is 11.9. The summed E-state index contributed by atoms with van der Waals surface area (Å²) in [5.74, 6) is -1.70. The van der Waals surface area contributed by atoms with Gasteiger partial charge < -0.3 is 9.13 Å². The summed E-state index contributed by atoms with van der Waals surface area (Å²) in [6.07, 6.45) is -4.97. The highest BCUT2D eigenvalue weighted by Crippen LogP contribution is 2.48. The zero-order chi connectivity index (χ0) is 46.1. The molecule has 0 saturated heterocycles. The van der Waals surface area contributed by atoms with E-state index < -0.39 is 23.4 Å². The molecule has 0 amide bonds. The van der Waals surface area contributed by atoms with Crippen molar-refractivity contribution in [1.29, 1.82) is 0 Å². The molecule has 10 aromatic carbocycles. The van der Waals surface area contributed by atoms with Gasteiger partial charge >= 0.3 is 6.18 Å². The lowest BCUT2D eigenvalue weighted by molar-refractivity contribution is -0.137. The fraction of sp³-hybridized carbons (Fsp3) is 0.0164. The monoisotopic (exact) mass is 892 g/mol. The van der Waals surface area contributed by atoms with Gasteiger partial charge in [0.25, 0.3) is 0 Å². The molecule has 326 valence electrons. The van der Waals surface area contributed by atoms with E-state index >= 15 is 17.6 Å². The SMILES string of the molecule is Fc1ccc(-c2cc(-n3c4cc(-c5ccccc5)ccc4c4ccc(-c5ccccc5)cc43)c(C(F)(F)F)c(-n3c4cc(-c5ccccc5)ccc4c4ccc(-c5ccccc5)cc43)c2)c(F)c1. The quantitative estimate of drug-likeness (QED) is 0.141. The first-order valence-electron chi connectivity index (χ1n) is 22.3. The van der Waals surface area contributed by atoms with E-state index in [9.17, 15) is 4.39 Å². The molecular formula is C61H37F5N2. The lowest BCUT2D eigenvalue weighted by atomic mass is 9.98. The minimum absolute atomic E-state index is 0.0472. The van der Waals surface area contributed by atoms with Crippen molar-refractivity contribution >= 4 is 43.6 Å². The molecule has 2 aromatic heterocycles. The number of aromatic nitrogens is 2. The van der Waals surface area contributed by atoms with Crippen LogP contribution < -0.4 is 0 Å². The van der Waals surface area contributed by atoms with Crippen LogP contribution in [0.3, 0.4) is 0 Å². The topological polar surface area (TPSA) is 9.86 Å². The Labute approximate surface area is 388 Å². The number of hydrogen-bond acceptors (Lipinski definition) is 0. The molecule has 0 aliphatic rings. The van der Waals surface area contributed by atoms with Crippen LogP contribution in [0, 0.1) is 11.6 Å². The molecule has 0 radical (unpaired) electrons. The molecule has 0 atom stereocenters. The van der Waals surface area contributed by atoms with Crippen molar-refractivity contribution < 1.29 is 22.0 Å². The van der Waals surface area contributed by atoms with Gasteiger partial charge in [-0.1, -0.05) is 170 Å². The average molecular weight is 893 g/mol. The number of hydrogen-bond donors (Lipinski definition) is 0. The Balaban J connectivity index is 1.27. The van der Waals surface area contributed by atoms with E-state index in [2.05, 4.69) is 0 Å². The Bertz CT molecular complexity index is 3480. The Morgan fingerprint density at radius 2 is 0.618 bits per heavy atom. The van der Waals surface area contributed by atoms with Crippen LogP contribution in [0.15, 0.2) is 224 Å². The molecule has 12 aromatic rings. The van der Waals surface area contributed by atoms with Gasteiger partial charge in [0.15, 0.2) is 0 Å². The number of halogens is 5. The third-order valence-electron chi connectivity index (χ3n) is 13.1. The van der Waals surface area contributed by atoms with Gasteiger partial charge in [-0.05, 0) is 98.6 Å². The number of benzene rings is 10. The van der Waals surface area contributed by atoms with Gasteiger partial charge in [-0.15, -0.1) is 0 Å². The molecule has 0 saturated carbocycles. The molecular weight excluding hydrogens is 856 g/mol. The van der Waals surface area contributed by atoms with Gasteiger partial charge in [-0.25, -0.2) is 8.78 Å². The first-order chi connectivity index (χ1) is 33.2. The summed E-state index contributed by atoms with van der Waals surface area (Å²) < 4.78 is 85.3. The van der Waals surface area contributed by atoms with Crippen LogP contribution in [-0.4, -0.2) is 9.13 Å². The predicted molar refractivity (Wildman–Crippen MR) is 267 cm³/mol. The van der Waals surface area contributed by atoms with Gasteiger partial charge in [0, 0.05) is 33.2 Å². The molecule has 0 N–H and O–H groups in total. The second-order valence-corrected chi connectivity index (χ2v) is 17.1. The minimum atomic E-state index is -4.97. The van der Waals surface area contributed by atoms with E-state index in [1.165, 1.54) is 18.2 Å². The number of fused-ring (bicyclic) bond motifs is 6. The number of alkyl halides is 3. The van der Waals surface area contributed by atoms with Crippen LogP contribution in [0.1, 0.15) is 5.56 Å². The molecule has 7 heteroatoms. The van der Waals surface area contributed by atoms with Crippen LogP contribution in [0.25, 0.3) is 111 Å². The maximum Gasteiger partial charge on any atom is 0.420 e. The molecule has 0 bridgehead atoms. The van der Waals surface area contributed by atoms with E-state index in [4.69, 9.17) is 0 Å². The standard InChI is InChI=1S/C61H37F5N2/c62-47-25-30-48(53(63)37-47)46-35-58(67-54-31-42(38-13-5-1-6-14-38)21-26-49(54)50-27-22-43(32-55(50)67)39-15-7-2-8-16-39)60(61(64,65)66)59(36-46)68-56-33-44(40-17-9-3-10-18-40)23-28-51(56)52-29-24-45(34-57(52)68)41-19-11-4-12-20-41/h1-37H. The van der Waals surface area contributed by atoms with Crippen molar-refractivity contribution in [2.24, 2.45) is 0 Å². The molecule has 0 aliphatic carbocycles. The van der Waals surface area contributed by atoms with Crippen molar-refractivity contribution in [3.05, 3.63) is 242 Å². The number of rotatable bonds is 7. The first kappa shape index (κ1) is 40.9. The maximum absolute atomic E-state index is 17.0. The summed E-state index contributed by atoms with van der Waals surface area (Å²) >= 11 is 0. The molecule has 0 fully saturated rings. The highest BCUT2D eigenvalue weighted by molar-refractivity contribution is 6.13. The van der Waals surface area contributed by atoms with E-state index in [1.54, 1.807) is 9.13 Å². The summed E-state index contributed by atoms with van der Waals surface area (Å²) in [6, 6.07) is 68.3. The fourth-order valence-corrected chi connectivity index (χ4v) is 9.93. The largest absolute Gasteiger partial charge is 0.420 e. The summed E-state index contributed by atoms with van der Waals surface area (Å²) in [6.45, 7) is 0. The Hall–Kier alpha value is -8.55. The van der Waals surface area contributed by atoms with Crippen LogP contribution in [0.5, 0.6) is 0 Å². The maximum atomic E-state index is 17.0. The van der Waals surface area contributed by atoms with Crippen LogP contribution in [0.4, 0.5) is 22.0 Å². The molecule has 12 rings (SSSR count). The van der Waals surface area contributed by atoms with Gasteiger partial charge in [0.1, 0.15) is 17.2 Å². The Morgan fingerprint density at radius 1 is 0.294 bits per heavy atom. The second kappa shape index (κ2) is 16.1. The van der Waals surface area contributed by atoms with Crippen molar-refractivity contribution in [2.45, 2.75) is 6.18 Å². The molecule has 0 unspecified atom stereocenters. The summed E-state index contributed by atoms with van der Waals surface area (Å²) in [4.78, 5) is 0. The highest BCUT2D eigenvalue weighted by atomic mass is 19.4. The average Bonchev–Trinajstić information content (AvgIpc) is 3.88. The van der Waals surface area contributed by atoms with Gasteiger partial charge in [-0.3, -0.25) is 0 Å². The van der Waals surface area contributed by atoms with Gasteiger partial charge in [-0.2, -0.15) is 13.2 Å². The van der Waals surface area contributed by atoms with E-state index in [0.717, 1.165) is 78.2 Å². The zero-order valence-electron chi connectivity index (χ0n) is 36.1. The molecule has 0 spiro atoms. The molecule has 0 aliphatic heterocycles. The van der Waals surface area contributed by atoms with Crippen molar-refractivity contribution in [2.75, 3.05) is 0 Å². The Morgan fingerprint density at radius 3 is 0.912 bits per heavy atom. The highest BCUT2D eigenvalue weighted by Gasteiger charge is 2.40. The van der Waals surface area contributed by atoms with Gasteiger partial charge in [0.05, 0.1) is 33.4 Å². The number of nitrogens with zero attached hydrogens (tertiary/aromatic N) is 2. The third kappa shape index (κ3) is 6.94.